The van der Waals surface area contributed by atoms with Crippen molar-refractivity contribution in [3.63, 3.8) is 0 Å². The molecule has 2 aromatic carbocycles. The summed E-state index contributed by atoms with van der Waals surface area (Å²) in [7, 11) is 0. The quantitative estimate of drug-likeness (QED) is 0.278. The van der Waals surface area contributed by atoms with E-state index < -0.39 is 12.2 Å². The highest BCUT2D eigenvalue weighted by Gasteiger charge is 2.65. The normalized spacial score (nSPS) is 39.0. The molecule has 3 N–H and O–H groups in total. The molecule has 0 spiro atoms. The van der Waals surface area contributed by atoms with Crippen molar-refractivity contribution in [1.29, 1.82) is 0 Å². The number of amides is 2. The smallest absolute Gasteiger partial charge is 0.305 e. The molecule has 2 amide bonds. The maximum atomic E-state index is 13.0. The Kier molecular flexibility index (Phi) is 8.09. The van der Waals surface area contributed by atoms with Crippen molar-refractivity contribution in [2.24, 2.45) is 46.3 Å². The van der Waals surface area contributed by atoms with Crippen LogP contribution in [-0.4, -0.2) is 69.5 Å². The molecule has 0 radical (unpaired) electrons. The number of benzene rings is 2. The minimum Gasteiger partial charge on any atom is -0.464 e. The zero-order valence-electron chi connectivity index (χ0n) is 27.4. The number of carbonyl (C=O) groups is 3. The van der Waals surface area contributed by atoms with Gasteiger partial charge in [0, 0.05) is 6.42 Å². The van der Waals surface area contributed by atoms with E-state index in [1.807, 2.05) is 24.3 Å². The molecule has 8 nitrogen and oxygen atoms in total. The topological polar surface area (TPSA) is 124 Å². The third kappa shape index (κ3) is 4.93. The van der Waals surface area contributed by atoms with Crippen LogP contribution in [0, 0.1) is 46.3 Å². The summed E-state index contributed by atoms with van der Waals surface area (Å²) >= 11 is 0. The minimum absolute atomic E-state index is 0.0160. The molecule has 0 aromatic heterocycles. The van der Waals surface area contributed by atoms with E-state index in [1.165, 1.54) is 0 Å². The number of aliphatic hydroxyl groups excluding tert-OH is 3. The van der Waals surface area contributed by atoms with Crippen molar-refractivity contribution in [3.05, 3.63) is 47.5 Å². The second-order valence-electron chi connectivity index (χ2n) is 15.8. The second kappa shape index (κ2) is 11.7. The van der Waals surface area contributed by atoms with Gasteiger partial charge in [-0.15, -0.1) is 0 Å². The van der Waals surface area contributed by atoms with Crippen LogP contribution < -0.4 is 0 Å². The Morgan fingerprint density at radius 3 is 2.30 bits per heavy atom. The summed E-state index contributed by atoms with van der Waals surface area (Å²) in [5.41, 5.74) is 0.491. The molecule has 1 heterocycles. The molecular weight excluding hydrogens is 582 g/mol. The first-order chi connectivity index (χ1) is 21.9. The van der Waals surface area contributed by atoms with Gasteiger partial charge < -0.3 is 20.1 Å². The van der Waals surface area contributed by atoms with Crippen molar-refractivity contribution in [2.75, 3.05) is 13.2 Å². The lowest BCUT2D eigenvalue weighted by Crippen LogP contribution is -2.62. The van der Waals surface area contributed by atoms with Crippen LogP contribution in [0.2, 0.25) is 0 Å². The summed E-state index contributed by atoms with van der Waals surface area (Å²) < 4.78 is 5.51. The molecule has 4 aliphatic carbocycles. The Balaban J connectivity index is 0.942. The maximum Gasteiger partial charge on any atom is 0.305 e. The average molecular weight is 632 g/mol. The summed E-state index contributed by atoms with van der Waals surface area (Å²) in [6.45, 7) is 6.71. The Labute approximate surface area is 271 Å². The molecular formula is C38H49NO7. The zero-order valence-corrected chi connectivity index (χ0v) is 27.4. The molecule has 248 valence electrons. The SMILES string of the molecule is C[C@H](CCC(=O)OCCN1C(=O)c2cc3ccccc3cc2C1=O)[C@H]1CC[C@H]2[C@@H]3[C@H](O)C[C@@H]4C[C@H](O)CC[C@]4(C)[C@H]3C[C@H](O)[C@]12C. The summed E-state index contributed by atoms with van der Waals surface area (Å²) in [4.78, 5) is 40.0. The monoisotopic (exact) mass is 631 g/mol. The molecule has 0 bridgehead atoms. The Morgan fingerprint density at radius 2 is 1.63 bits per heavy atom. The van der Waals surface area contributed by atoms with Crippen LogP contribution in [-0.2, 0) is 9.53 Å². The number of carbonyl (C=O) groups excluding carboxylic acids is 3. The fourth-order valence-electron chi connectivity index (χ4n) is 11.2. The fourth-order valence-corrected chi connectivity index (χ4v) is 11.2. The molecule has 7 rings (SSSR count). The average Bonchev–Trinajstić information content (AvgIpc) is 3.50. The molecule has 8 heteroatoms. The summed E-state index contributed by atoms with van der Waals surface area (Å²) in [5.74, 6) is 0.303. The van der Waals surface area contributed by atoms with Crippen LogP contribution >= 0.6 is 0 Å². The zero-order chi connectivity index (χ0) is 32.5. The van der Waals surface area contributed by atoms with Crippen LogP contribution in [0.4, 0.5) is 0 Å². The number of hydrogen-bond donors (Lipinski definition) is 3. The molecule has 46 heavy (non-hydrogen) atoms. The first kappa shape index (κ1) is 31.8. The van der Waals surface area contributed by atoms with Crippen LogP contribution in [0.25, 0.3) is 10.8 Å². The van der Waals surface area contributed by atoms with Crippen LogP contribution in [0.5, 0.6) is 0 Å². The van der Waals surface area contributed by atoms with Crippen molar-refractivity contribution >= 4 is 28.6 Å². The van der Waals surface area contributed by atoms with Gasteiger partial charge in [0.15, 0.2) is 0 Å². The van der Waals surface area contributed by atoms with Crippen LogP contribution in [0.3, 0.4) is 0 Å². The number of aliphatic hydroxyl groups is 3. The van der Waals surface area contributed by atoms with Gasteiger partial charge in [-0.3, -0.25) is 19.3 Å². The number of ether oxygens (including phenoxy) is 1. The number of fused-ring (bicyclic) bond motifs is 7. The highest BCUT2D eigenvalue weighted by atomic mass is 16.5. The Morgan fingerprint density at radius 1 is 0.957 bits per heavy atom. The largest absolute Gasteiger partial charge is 0.464 e. The Bertz CT molecular complexity index is 1490. The van der Waals surface area contributed by atoms with Gasteiger partial charge in [0.2, 0.25) is 0 Å². The van der Waals surface area contributed by atoms with E-state index >= 15 is 0 Å². The first-order valence-electron chi connectivity index (χ1n) is 17.5. The van der Waals surface area contributed by atoms with Gasteiger partial charge in [-0.05, 0) is 121 Å². The lowest BCUT2D eigenvalue weighted by molar-refractivity contribution is -0.207. The molecule has 4 saturated carbocycles. The Hall–Kier alpha value is -2.81. The second-order valence-corrected chi connectivity index (χ2v) is 15.8. The van der Waals surface area contributed by atoms with Gasteiger partial charge in [0.25, 0.3) is 11.8 Å². The lowest BCUT2D eigenvalue weighted by Gasteiger charge is -2.63. The third-order valence-electron chi connectivity index (χ3n) is 13.7. The molecule has 11 atom stereocenters. The fraction of sp³-hybridized carbons (Fsp3) is 0.658. The molecule has 0 saturated heterocycles. The predicted octanol–water partition coefficient (Wildman–Crippen LogP) is 5.36. The van der Waals surface area contributed by atoms with Gasteiger partial charge in [-0.2, -0.15) is 0 Å². The first-order valence-corrected chi connectivity index (χ1v) is 17.5. The lowest BCUT2D eigenvalue weighted by atomic mass is 9.43. The van der Waals surface area contributed by atoms with E-state index in [9.17, 15) is 29.7 Å². The van der Waals surface area contributed by atoms with E-state index in [1.54, 1.807) is 12.1 Å². The van der Waals surface area contributed by atoms with Gasteiger partial charge in [0.1, 0.15) is 6.61 Å². The van der Waals surface area contributed by atoms with Gasteiger partial charge in [0.05, 0.1) is 36.0 Å². The number of esters is 1. The number of hydrogen-bond acceptors (Lipinski definition) is 7. The minimum atomic E-state index is -0.465. The van der Waals surface area contributed by atoms with Gasteiger partial charge in [-0.1, -0.05) is 45.0 Å². The molecule has 1 aliphatic heterocycles. The third-order valence-corrected chi connectivity index (χ3v) is 13.7. The highest BCUT2D eigenvalue weighted by molar-refractivity contribution is 6.23. The van der Waals surface area contributed by atoms with Gasteiger partial charge in [-0.25, -0.2) is 0 Å². The number of nitrogens with zero attached hydrogens (tertiary/aromatic N) is 1. The van der Waals surface area contributed by atoms with E-state index in [-0.39, 0.29) is 83.9 Å². The maximum absolute atomic E-state index is 13.0. The highest BCUT2D eigenvalue weighted by Crippen LogP contribution is 2.68. The standard InChI is InChI=1S/C38H49NO7/c1-21(8-11-33(43)46-15-14-39-35(44)26-16-22-6-4-5-7-23(22)17-27(26)36(39)45)28-9-10-29-34-30(20-32(42)38(28,29)3)37(2)13-12-25(40)18-24(37)19-31(34)41/h4-7,16-17,21,24-25,28-32,34,40-42H,8-15,18-20H2,1-3H3/t21-,24+,25-,28-,29+,30+,31-,32+,34+,37+,38-/m1/s1. The van der Waals surface area contributed by atoms with E-state index in [0.29, 0.717) is 29.9 Å². The van der Waals surface area contributed by atoms with Crippen molar-refractivity contribution in [3.8, 4) is 0 Å². The van der Waals surface area contributed by atoms with Crippen LogP contribution in [0.1, 0.15) is 99.3 Å². The molecule has 4 fully saturated rings. The van der Waals surface area contributed by atoms with Crippen molar-refractivity contribution < 1.29 is 34.4 Å². The van der Waals surface area contributed by atoms with E-state index in [0.717, 1.165) is 54.2 Å². The van der Waals surface area contributed by atoms with Crippen molar-refractivity contribution in [2.45, 2.75) is 96.9 Å². The van der Waals surface area contributed by atoms with E-state index in [2.05, 4.69) is 20.8 Å². The molecule has 5 aliphatic rings. The molecule has 0 unspecified atom stereocenters. The number of imide groups is 1. The summed E-state index contributed by atoms with van der Waals surface area (Å²) in [6.07, 6.45) is 5.59. The van der Waals surface area contributed by atoms with Gasteiger partial charge >= 0.3 is 5.97 Å². The van der Waals surface area contributed by atoms with Crippen molar-refractivity contribution in [1.82, 2.24) is 4.90 Å². The van der Waals surface area contributed by atoms with E-state index in [4.69, 9.17) is 4.74 Å². The number of rotatable bonds is 7. The summed E-state index contributed by atoms with van der Waals surface area (Å²) in [6, 6.07) is 11.1. The molecule has 2 aromatic rings. The van der Waals surface area contributed by atoms with Crippen LogP contribution in [0.15, 0.2) is 36.4 Å². The predicted molar refractivity (Wildman–Crippen MR) is 173 cm³/mol. The summed E-state index contributed by atoms with van der Waals surface area (Å²) in [5, 5.41) is 35.5.